The second kappa shape index (κ2) is 9.57. The summed E-state index contributed by atoms with van der Waals surface area (Å²) in [5.74, 6) is 1.07. The molecule has 2 saturated heterocycles. The Morgan fingerprint density at radius 1 is 1.16 bits per heavy atom. The molecule has 1 amide bonds. The summed E-state index contributed by atoms with van der Waals surface area (Å²) >= 11 is 1.98. The highest BCUT2D eigenvalue weighted by Crippen LogP contribution is 2.26. The Hall–Kier alpha value is -1.08. The van der Waals surface area contributed by atoms with Crippen molar-refractivity contribution in [2.45, 2.75) is 42.7 Å². The van der Waals surface area contributed by atoms with E-state index in [1.165, 1.54) is 5.56 Å². The molecule has 2 aliphatic heterocycles. The van der Waals surface area contributed by atoms with Crippen molar-refractivity contribution in [2.24, 2.45) is 11.7 Å². The topological polar surface area (TPSA) is 73.6 Å². The summed E-state index contributed by atoms with van der Waals surface area (Å²) in [4.78, 5) is 12.4. The monoisotopic (exact) mass is 364 g/mol. The number of rotatable bonds is 6. The number of carbonyl (C=O) groups excluding carboxylic acids is 1. The minimum Gasteiger partial charge on any atom is -0.381 e. The van der Waals surface area contributed by atoms with Crippen LogP contribution in [0.5, 0.6) is 0 Å². The van der Waals surface area contributed by atoms with Gasteiger partial charge in [-0.15, -0.1) is 0 Å². The van der Waals surface area contributed by atoms with Gasteiger partial charge in [0.1, 0.15) is 0 Å². The van der Waals surface area contributed by atoms with Crippen molar-refractivity contribution in [1.82, 2.24) is 0 Å². The SMILES string of the molecule is NC(C(=O)Nc1cccc(CSC2CCOCC2)c1)C1CCOCC1. The first-order valence-corrected chi connectivity index (χ1v) is 10.2. The highest BCUT2D eigenvalue weighted by molar-refractivity contribution is 7.99. The molecule has 1 aromatic carbocycles. The fourth-order valence-corrected chi connectivity index (χ4v) is 4.44. The van der Waals surface area contributed by atoms with E-state index >= 15 is 0 Å². The number of amides is 1. The van der Waals surface area contributed by atoms with Gasteiger partial charge in [-0.1, -0.05) is 12.1 Å². The lowest BCUT2D eigenvalue weighted by Crippen LogP contribution is -2.44. The van der Waals surface area contributed by atoms with Crippen molar-refractivity contribution in [3.05, 3.63) is 29.8 Å². The second-order valence-corrected chi connectivity index (χ2v) is 8.08. The predicted octanol–water partition coefficient (Wildman–Crippen LogP) is 2.79. The maximum Gasteiger partial charge on any atom is 0.241 e. The van der Waals surface area contributed by atoms with E-state index in [0.717, 1.165) is 50.3 Å². The molecule has 6 heteroatoms. The molecule has 1 aromatic rings. The number of thioether (sulfide) groups is 1. The van der Waals surface area contributed by atoms with Gasteiger partial charge in [0.15, 0.2) is 0 Å². The maximum atomic E-state index is 12.4. The van der Waals surface area contributed by atoms with Gasteiger partial charge < -0.3 is 20.5 Å². The molecule has 5 nitrogen and oxygen atoms in total. The van der Waals surface area contributed by atoms with Gasteiger partial charge >= 0.3 is 0 Å². The molecule has 3 rings (SSSR count). The van der Waals surface area contributed by atoms with Gasteiger partial charge in [-0.3, -0.25) is 4.79 Å². The van der Waals surface area contributed by atoms with Crippen LogP contribution >= 0.6 is 11.8 Å². The van der Waals surface area contributed by atoms with Gasteiger partial charge in [0.2, 0.25) is 5.91 Å². The van der Waals surface area contributed by atoms with Crippen molar-refractivity contribution in [3.63, 3.8) is 0 Å². The fourth-order valence-electron chi connectivity index (χ4n) is 3.31. The summed E-state index contributed by atoms with van der Waals surface area (Å²) in [7, 11) is 0. The highest BCUT2D eigenvalue weighted by Gasteiger charge is 2.26. The Labute approximate surface area is 154 Å². The number of ether oxygens (including phenoxy) is 2. The molecule has 1 unspecified atom stereocenters. The Balaban J connectivity index is 1.50. The van der Waals surface area contributed by atoms with Crippen LogP contribution in [0.2, 0.25) is 0 Å². The van der Waals surface area contributed by atoms with Gasteiger partial charge in [-0.2, -0.15) is 11.8 Å². The van der Waals surface area contributed by atoms with Crippen LogP contribution in [0.3, 0.4) is 0 Å². The largest absolute Gasteiger partial charge is 0.381 e. The van der Waals surface area contributed by atoms with E-state index in [9.17, 15) is 4.79 Å². The van der Waals surface area contributed by atoms with Crippen LogP contribution in [0, 0.1) is 5.92 Å². The highest BCUT2D eigenvalue weighted by atomic mass is 32.2. The molecule has 1 atom stereocenters. The van der Waals surface area contributed by atoms with Gasteiger partial charge in [0.05, 0.1) is 6.04 Å². The number of benzene rings is 1. The number of carbonyl (C=O) groups is 1. The van der Waals surface area contributed by atoms with Crippen molar-refractivity contribution in [3.8, 4) is 0 Å². The Morgan fingerprint density at radius 2 is 1.84 bits per heavy atom. The van der Waals surface area contributed by atoms with Gasteiger partial charge in [-0.05, 0) is 49.3 Å². The first-order valence-electron chi connectivity index (χ1n) is 9.15. The third kappa shape index (κ3) is 5.71. The molecule has 3 N–H and O–H groups in total. The van der Waals surface area contributed by atoms with Gasteiger partial charge in [0, 0.05) is 43.1 Å². The maximum absolute atomic E-state index is 12.4. The number of hydrogen-bond acceptors (Lipinski definition) is 5. The van der Waals surface area contributed by atoms with Crippen molar-refractivity contribution in [1.29, 1.82) is 0 Å². The van der Waals surface area contributed by atoms with E-state index < -0.39 is 6.04 Å². The van der Waals surface area contributed by atoms with Gasteiger partial charge in [0.25, 0.3) is 0 Å². The molecule has 25 heavy (non-hydrogen) atoms. The number of hydrogen-bond donors (Lipinski definition) is 2. The molecule has 0 saturated carbocycles. The Morgan fingerprint density at radius 3 is 2.56 bits per heavy atom. The third-order valence-electron chi connectivity index (χ3n) is 4.93. The van der Waals surface area contributed by atoms with E-state index in [-0.39, 0.29) is 11.8 Å². The number of anilines is 1. The van der Waals surface area contributed by atoms with Gasteiger partial charge in [-0.25, -0.2) is 0 Å². The van der Waals surface area contributed by atoms with Crippen LogP contribution in [-0.2, 0) is 20.0 Å². The second-order valence-electron chi connectivity index (χ2n) is 6.79. The van der Waals surface area contributed by atoms with E-state index in [2.05, 4.69) is 17.4 Å². The average molecular weight is 365 g/mol. The van der Waals surface area contributed by atoms with E-state index in [4.69, 9.17) is 15.2 Å². The zero-order chi connectivity index (χ0) is 17.5. The summed E-state index contributed by atoms with van der Waals surface area (Å²) in [5.41, 5.74) is 8.21. The fraction of sp³-hybridized carbons (Fsp3) is 0.632. The zero-order valence-corrected chi connectivity index (χ0v) is 15.4. The summed E-state index contributed by atoms with van der Waals surface area (Å²) in [5, 5.41) is 3.66. The third-order valence-corrected chi connectivity index (χ3v) is 6.37. The van der Waals surface area contributed by atoms with Crippen molar-refractivity contribution in [2.75, 3.05) is 31.7 Å². The molecule has 2 fully saturated rings. The van der Waals surface area contributed by atoms with Crippen LogP contribution in [0.15, 0.2) is 24.3 Å². The van der Waals surface area contributed by atoms with Crippen LogP contribution < -0.4 is 11.1 Å². The lowest BCUT2D eigenvalue weighted by atomic mass is 9.92. The van der Waals surface area contributed by atoms with Crippen LogP contribution in [0.1, 0.15) is 31.2 Å². The molecular weight excluding hydrogens is 336 g/mol. The minimum atomic E-state index is -0.468. The summed E-state index contributed by atoms with van der Waals surface area (Å²) in [6.45, 7) is 3.14. The van der Waals surface area contributed by atoms with Crippen LogP contribution in [0.4, 0.5) is 5.69 Å². The van der Waals surface area contributed by atoms with Crippen LogP contribution in [0.25, 0.3) is 0 Å². The first kappa shape index (κ1) is 18.7. The Kier molecular flexibility index (Phi) is 7.16. The summed E-state index contributed by atoms with van der Waals surface area (Å²) in [6.07, 6.45) is 3.97. The molecule has 0 aliphatic carbocycles. The smallest absolute Gasteiger partial charge is 0.241 e. The Bertz CT molecular complexity index is 557. The molecular formula is C19H28N2O3S. The lowest BCUT2D eigenvalue weighted by molar-refractivity contribution is -0.119. The first-order chi connectivity index (χ1) is 12.2. The normalized spacial score (nSPS) is 21.0. The average Bonchev–Trinajstić information content (AvgIpc) is 2.67. The molecule has 2 heterocycles. The molecule has 138 valence electrons. The summed E-state index contributed by atoms with van der Waals surface area (Å²) < 4.78 is 10.7. The molecule has 0 radical (unpaired) electrons. The van der Waals surface area contributed by atoms with E-state index in [0.29, 0.717) is 18.5 Å². The molecule has 0 aromatic heterocycles. The number of nitrogens with one attached hydrogen (secondary N) is 1. The van der Waals surface area contributed by atoms with Crippen molar-refractivity contribution >= 4 is 23.4 Å². The van der Waals surface area contributed by atoms with Crippen LogP contribution in [-0.4, -0.2) is 43.6 Å². The van der Waals surface area contributed by atoms with E-state index in [1.54, 1.807) is 0 Å². The van der Waals surface area contributed by atoms with Crippen molar-refractivity contribution < 1.29 is 14.3 Å². The standard InChI is InChI=1S/C19H28N2O3S/c20-18(15-4-8-23-9-5-15)19(22)21-16-3-1-2-14(12-16)13-25-17-6-10-24-11-7-17/h1-3,12,15,17-18H,4-11,13,20H2,(H,21,22). The minimum absolute atomic E-state index is 0.0962. The zero-order valence-electron chi connectivity index (χ0n) is 14.6. The summed E-state index contributed by atoms with van der Waals surface area (Å²) in [6, 6.07) is 7.62. The molecule has 0 spiro atoms. The lowest BCUT2D eigenvalue weighted by Gasteiger charge is -2.26. The van der Waals surface area contributed by atoms with E-state index in [1.807, 2.05) is 23.9 Å². The molecule has 2 aliphatic rings. The quantitative estimate of drug-likeness (QED) is 0.812. The molecule has 0 bridgehead atoms. The predicted molar refractivity (Wildman–Crippen MR) is 102 cm³/mol. The number of nitrogens with two attached hydrogens (primary N) is 1.